The van der Waals surface area contributed by atoms with E-state index in [1.165, 1.54) is 24.3 Å². The lowest BCUT2D eigenvalue weighted by Crippen LogP contribution is -2.11. The van der Waals surface area contributed by atoms with Gasteiger partial charge in [0.1, 0.15) is 0 Å². The minimum absolute atomic E-state index is 0.0227. The highest BCUT2D eigenvalue weighted by Crippen LogP contribution is 2.32. The van der Waals surface area contributed by atoms with Gasteiger partial charge in [-0.05, 0) is 61.0 Å². The van der Waals surface area contributed by atoms with Crippen LogP contribution in [-0.2, 0) is 16.2 Å². The van der Waals surface area contributed by atoms with Gasteiger partial charge in [0.25, 0.3) is 0 Å². The number of alkyl halides is 3. The molecule has 168 valence electrons. The number of primary sulfonamides is 1. The molecule has 33 heavy (non-hydrogen) atoms. The van der Waals surface area contributed by atoms with Crippen LogP contribution in [-0.4, -0.2) is 18.4 Å². The van der Waals surface area contributed by atoms with Crippen molar-refractivity contribution in [2.75, 3.05) is 0 Å². The van der Waals surface area contributed by atoms with Crippen LogP contribution in [0.5, 0.6) is 0 Å². The Kier molecular flexibility index (Phi) is 5.77. The number of halogens is 3. The highest BCUT2D eigenvalue weighted by molar-refractivity contribution is 7.89. The highest BCUT2D eigenvalue weighted by atomic mass is 32.2. The van der Waals surface area contributed by atoms with Crippen LogP contribution in [0.25, 0.3) is 33.8 Å². The molecule has 2 aromatic heterocycles. The van der Waals surface area contributed by atoms with Crippen LogP contribution in [0.4, 0.5) is 13.2 Å². The monoisotopic (exact) mass is 469 g/mol. The molecule has 0 radical (unpaired) electrons. The lowest BCUT2D eigenvalue weighted by molar-refractivity contribution is -0.137. The second kappa shape index (κ2) is 8.42. The van der Waals surface area contributed by atoms with Gasteiger partial charge in [-0.1, -0.05) is 24.3 Å². The fraction of sp³-hybridized carbons (Fsp3) is 0.0833. The molecule has 0 fully saturated rings. The van der Waals surface area contributed by atoms with Crippen LogP contribution in [0.3, 0.4) is 0 Å². The minimum atomic E-state index is -4.41. The number of nitrogens with zero attached hydrogens (tertiary/aromatic N) is 2. The Bertz CT molecular complexity index is 1430. The maximum Gasteiger partial charge on any atom is 0.416 e. The summed E-state index contributed by atoms with van der Waals surface area (Å²) in [6.45, 7) is 1.87. The van der Waals surface area contributed by atoms with E-state index in [9.17, 15) is 21.6 Å². The molecule has 0 aliphatic carbocycles. The lowest BCUT2D eigenvalue weighted by Gasteiger charge is -2.10. The molecule has 0 saturated carbocycles. The van der Waals surface area contributed by atoms with Crippen molar-refractivity contribution in [3.8, 4) is 33.8 Å². The molecule has 5 nitrogen and oxygen atoms in total. The summed E-state index contributed by atoms with van der Waals surface area (Å²) >= 11 is 0. The summed E-state index contributed by atoms with van der Waals surface area (Å²) in [6, 6.07) is 18.2. The molecule has 0 aliphatic rings. The van der Waals surface area contributed by atoms with Gasteiger partial charge in [0.2, 0.25) is 10.0 Å². The highest BCUT2D eigenvalue weighted by Gasteiger charge is 2.30. The molecule has 0 spiro atoms. The molecular weight excluding hydrogens is 451 g/mol. The Labute approximate surface area is 188 Å². The smallest absolute Gasteiger partial charge is 0.256 e. The van der Waals surface area contributed by atoms with E-state index >= 15 is 0 Å². The third kappa shape index (κ3) is 5.10. The van der Waals surface area contributed by atoms with Crippen LogP contribution in [0.1, 0.15) is 11.1 Å². The summed E-state index contributed by atoms with van der Waals surface area (Å²) in [5, 5.41) is 5.23. The number of hydrogen-bond acceptors (Lipinski definition) is 4. The van der Waals surface area contributed by atoms with Crippen molar-refractivity contribution in [1.82, 2.24) is 9.97 Å². The molecule has 2 heterocycles. The number of hydrogen-bond donors (Lipinski definition) is 1. The quantitative estimate of drug-likeness (QED) is 0.431. The lowest BCUT2D eigenvalue weighted by atomic mass is 10.0. The maximum atomic E-state index is 12.9. The van der Waals surface area contributed by atoms with E-state index in [1.807, 2.05) is 13.0 Å². The zero-order valence-electron chi connectivity index (χ0n) is 17.3. The van der Waals surface area contributed by atoms with E-state index in [1.54, 1.807) is 36.5 Å². The maximum absolute atomic E-state index is 12.9. The second-order valence-electron chi connectivity index (χ2n) is 7.49. The van der Waals surface area contributed by atoms with Crippen molar-refractivity contribution in [3.05, 3.63) is 90.1 Å². The van der Waals surface area contributed by atoms with Gasteiger partial charge in [-0.25, -0.2) is 18.5 Å². The first kappa shape index (κ1) is 22.6. The summed E-state index contributed by atoms with van der Waals surface area (Å²) in [7, 11) is -3.86. The van der Waals surface area contributed by atoms with Crippen molar-refractivity contribution >= 4 is 10.0 Å². The van der Waals surface area contributed by atoms with Crippen molar-refractivity contribution in [1.29, 1.82) is 0 Å². The van der Waals surface area contributed by atoms with Gasteiger partial charge in [0.05, 0.1) is 27.5 Å². The summed E-state index contributed by atoms with van der Waals surface area (Å²) in [5.41, 5.74) is 3.67. The predicted molar refractivity (Wildman–Crippen MR) is 119 cm³/mol. The third-order valence-electron chi connectivity index (χ3n) is 4.99. The molecule has 4 rings (SSSR count). The number of nitrogens with two attached hydrogens (primary N) is 1. The Hall–Kier alpha value is -3.56. The first-order valence-electron chi connectivity index (χ1n) is 9.77. The molecule has 0 saturated heterocycles. The van der Waals surface area contributed by atoms with Crippen molar-refractivity contribution < 1.29 is 21.6 Å². The SMILES string of the molecule is Cc1cc(-c2ccc(C(F)(F)F)cc2)nc(-c2ccnc(-c3cccc(S(N)(=O)=O)c3)c2)c1. The van der Waals surface area contributed by atoms with Crippen LogP contribution in [0.2, 0.25) is 0 Å². The van der Waals surface area contributed by atoms with Gasteiger partial charge >= 0.3 is 6.18 Å². The Balaban J connectivity index is 1.73. The molecule has 0 unspecified atom stereocenters. The Morgan fingerprint density at radius 2 is 1.42 bits per heavy atom. The number of sulfonamides is 1. The summed E-state index contributed by atoms with van der Waals surface area (Å²) < 4.78 is 62.0. The fourth-order valence-electron chi connectivity index (χ4n) is 3.37. The van der Waals surface area contributed by atoms with E-state index in [0.29, 0.717) is 28.2 Å². The van der Waals surface area contributed by atoms with Gasteiger partial charge in [-0.2, -0.15) is 13.2 Å². The molecule has 4 aromatic rings. The Morgan fingerprint density at radius 1 is 0.788 bits per heavy atom. The van der Waals surface area contributed by atoms with Crippen molar-refractivity contribution in [2.45, 2.75) is 18.0 Å². The first-order valence-corrected chi connectivity index (χ1v) is 11.3. The summed E-state index contributed by atoms with van der Waals surface area (Å²) in [4.78, 5) is 8.93. The number of pyridine rings is 2. The summed E-state index contributed by atoms with van der Waals surface area (Å²) in [5.74, 6) is 0. The molecule has 2 aromatic carbocycles. The number of benzene rings is 2. The number of rotatable bonds is 4. The van der Waals surface area contributed by atoms with Crippen molar-refractivity contribution in [3.63, 3.8) is 0 Å². The Morgan fingerprint density at radius 3 is 2.06 bits per heavy atom. The van der Waals surface area contributed by atoms with E-state index in [-0.39, 0.29) is 4.90 Å². The first-order chi connectivity index (χ1) is 15.5. The van der Waals surface area contributed by atoms with E-state index in [4.69, 9.17) is 5.14 Å². The van der Waals surface area contributed by atoms with Gasteiger partial charge in [-0.3, -0.25) is 4.98 Å². The number of aromatic nitrogens is 2. The molecule has 2 N–H and O–H groups in total. The van der Waals surface area contributed by atoms with E-state index in [2.05, 4.69) is 9.97 Å². The normalized spacial score (nSPS) is 12.0. The molecule has 0 aliphatic heterocycles. The van der Waals surface area contributed by atoms with Gasteiger partial charge in [-0.15, -0.1) is 0 Å². The third-order valence-corrected chi connectivity index (χ3v) is 5.90. The summed E-state index contributed by atoms with van der Waals surface area (Å²) in [6.07, 6.45) is -2.83. The zero-order valence-corrected chi connectivity index (χ0v) is 18.2. The van der Waals surface area contributed by atoms with E-state index in [0.717, 1.165) is 23.3 Å². The average molecular weight is 469 g/mol. The largest absolute Gasteiger partial charge is 0.416 e. The molecular formula is C24H18F3N3O2S. The van der Waals surface area contributed by atoms with Crippen LogP contribution < -0.4 is 5.14 Å². The van der Waals surface area contributed by atoms with Crippen LogP contribution >= 0.6 is 0 Å². The topological polar surface area (TPSA) is 85.9 Å². The molecule has 0 bridgehead atoms. The second-order valence-corrected chi connectivity index (χ2v) is 9.05. The average Bonchev–Trinajstić information content (AvgIpc) is 2.78. The van der Waals surface area contributed by atoms with Crippen LogP contribution in [0.15, 0.2) is 83.9 Å². The van der Waals surface area contributed by atoms with Gasteiger partial charge in [0.15, 0.2) is 0 Å². The van der Waals surface area contributed by atoms with Crippen LogP contribution in [0, 0.1) is 6.92 Å². The zero-order chi connectivity index (χ0) is 23.8. The minimum Gasteiger partial charge on any atom is -0.256 e. The van der Waals surface area contributed by atoms with Gasteiger partial charge < -0.3 is 0 Å². The molecule has 0 amide bonds. The van der Waals surface area contributed by atoms with Crippen molar-refractivity contribution in [2.24, 2.45) is 5.14 Å². The standard InChI is InChI=1S/C24H18F3N3O2S/c1-15-11-22(16-5-7-19(8-6-16)24(25,26)27)30-23(12-15)18-9-10-29-21(14-18)17-3-2-4-20(13-17)33(28,31)32/h2-14H,1H3,(H2,28,31,32). The molecule has 0 atom stereocenters. The number of aryl methyl sites for hydroxylation is 1. The van der Waals surface area contributed by atoms with Gasteiger partial charge in [0, 0.05) is 22.9 Å². The fourth-order valence-corrected chi connectivity index (χ4v) is 3.93. The predicted octanol–water partition coefficient (Wildman–Crippen LogP) is 5.45. The molecule has 9 heteroatoms. The van der Waals surface area contributed by atoms with E-state index < -0.39 is 21.8 Å².